The van der Waals surface area contributed by atoms with Crippen LogP contribution in [0.5, 0.6) is 5.75 Å². The van der Waals surface area contributed by atoms with E-state index in [0.29, 0.717) is 6.54 Å². The number of hydrogen-bond acceptors (Lipinski definition) is 3. The third-order valence-electron chi connectivity index (χ3n) is 2.02. The van der Waals surface area contributed by atoms with Crippen LogP contribution in [0.2, 0.25) is 0 Å². The summed E-state index contributed by atoms with van der Waals surface area (Å²) in [5.41, 5.74) is 1.12. The third-order valence-corrected chi connectivity index (χ3v) is 2.52. The Morgan fingerprint density at radius 1 is 1.53 bits per heavy atom. The lowest BCUT2D eigenvalue weighted by Gasteiger charge is -2.07. The maximum atomic E-state index is 9.87. The standard InChI is InChI=1S/C11H12BrNO2/c1-15-11-5-4-10(12)7-9(11)3-2-6-13-8-14/h4-5,7H,2-3,6H2,1H3. The summed E-state index contributed by atoms with van der Waals surface area (Å²) in [7, 11) is 1.65. The van der Waals surface area contributed by atoms with Crippen molar-refractivity contribution in [1.29, 1.82) is 0 Å². The van der Waals surface area contributed by atoms with Crippen molar-refractivity contribution in [3.63, 3.8) is 0 Å². The molecule has 0 aliphatic carbocycles. The van der Waals surface area contributed by atoms with Crippen molar-refractivity contribution >= 4 is 22.0 Å². The van der Waals surface area contributed by atoms with Gasteiger partial charge in [-0.15, -0.1) is 0 Å². The predicted octanol–water partition coefficient (Wildman–Crippen LogP) is 2.73. The van der Waals surface area contributed by atoms with Crippen LogP contribution in [0.3, 0.4) is 0 Å². The number of nitrogens with zero attached hydrogens (tertiary/aromatic N) is 1. The molecule has 0 unspecified atom stereocenters. The molecule has 0 aromatic heterocycles. The molecule has 0 N–H and O–H groups in total. The predicted molar refractivity (Wildman–Crippen MR) is 62.0 cm³/mol. The highest BCUT2D eigenvalue weighted by molar-refractivity contribution is 9.10. The molecular formula is C11H12BrNO2. The van der Waals surface area contributed by atoms with Gasteiger partial charge in [-0.3, -0.25) is 0 Å². The number of aryl methyl sites for hydroxylation is 1. The number of aliphatic imine (C=N–C) groups is 1. The Morgan fingerprint density at radius 3 is 3.00 bits per heavy atom. The Labute approximate surface area is 97.3 Å². The van der Waals surface area contributed by atoms with E-state index in [1.54, 1.807) is 7.11 Å². The zero-order valence-corrected chi connectivity index (χ0v) is 10.1. The lowest BCUT2D eigenvalue weighted by molar-refractivity contribution is 0.409. The summed E-state index contributed by atoms with van der Waals surface area (Å²) in [6, 6.07) is 5.87. The minimum Gasteiger partial charge on any atom is -0.496 e. The molecule has 0 spiro atoms. The molecule has 15 heavy (non-hydrogen) atoms. The smallest absolute Gasteiger partial charge is 0.234 e. The first kappa shape index (κ1) is 12.0. The maximum absolute atomic E-state index is 9.87. The lowest BCUT2D eigenvalue weighted by atomic mass is 10.1. The van der Waals surface area contributed by atoms with Crippen LogP contribution in [-0.4, -0.2) is 19.7 Å². The van der Waals surface area contributed by atoms with Crippen molar-refractivity contribution in [2.45, 2.75) is 12.8 Å². The van der Waals surface area contributed by atoms with Crippen LogP contribution in [0.15, 0.2) is 27.7 Å². The Kier molecular flexibility index (Phi) is 5.08. The normalized spacial score (nSPS) is 9.47. The molecule has 0 atom stereocenters. The van der Waals surface area contributed by atoms with Gasteiger partial charge in [0.15, 0.2) is 0 Å². The largest absolute Gasteiger partial charge is 0.496 e. The van der Waals surface area contributed by atoms with Crippen molar-refractivity contribution < 1.29 is 9.53 Å². The molecule has 1 aromatic rings. The van der Waals surface area contributed by atoms with E-state index in [4.69, 9.17) is 4.74 Å². The zero-order chi connectivity index (χ0) is 11.1. The lowest BCUT2D eigenvalue weighted by Crippen LogP contribution is -1.94. The Morgan fingerprint density at radius 2 is 2.33 bits per heavy atom. The van der Waals surface area contributed by atoms with Gasteiger partial charge >= 0.3 is 0 Å². The molecule has 3 nitrogen and oxygen atoms in total. The second kappa shape index (κ2) is 6.38. The quantitative estimate of drug-likeness (QED) is 0.469. The SMILES string of the molecule is COc1ccc(Br)cc1CCCN=C=O. The van der Waals surface area contributed by atoms with Crippen LogP contribution in [-0.2, 0) is 11.2 Å². The van der Waals surface area contributed by atoms with Gasteiger partial charge in [0, 0.05) is 4.47 Å². The molecule has 80 valence electrons. The average Bonchev–Trinajstić information content (AvgIpc) is 2.25. The number of halogens is 1. The van der Waals surface area contributed by atoms with Crippen LogP contribution in [0, 0.1) is 0 Å². The molecule has 0 aliphatic heterocycles. The van der Waals surface area contributed by atoms with Crippen molar-refractivity contribution in [1.82, 2.24) is 0 Å². The molecule has 1 aromatic carbocycles. The fourth-order valence-electron chi connectivity index (χ4n) is 1.34. The summed E-state index contributed by atoms with van der Waals surface area (Å²) in [6.45, 7) is 0.513. The summed E-state index contributed by atoms with van der Waals surface area (Å²) < 4.78 is 6.25. The Balaban J connectivity index is 2.65. The molecule has 0 aliphatic rings. The van der Waals surface area contributed by atoms with Crippen molar-refractivity contribution in [3.05, 3.63) is 28.2 Å². The van der Waals surface area contributed by atoms with E-state index >= 15 is 0 Å². The molecule has 0 saturated carbocycles. The van der Waals surface area contributed by atoms with E-state index in [2.05, 4.69) is 20.9 Å². The number of carbonyl (C=O) groups excluding carboxylic acids is 1. The highest BCUT2D eigenvalue weighted by atomic mass is 79.9. The highest BCUT2D eigenvalue weighted by Gasteiger charge is 2.02. The summed E-state index contributed by atoms with van der Waals surface area (Å²) in [6.07, 6.45) is 3.19. The van der Waals surface area contributed by atoms with E-state index < -0.39 is 0 Å². The minimum atomic E-state index is 0.513. The number of methoxy groups -OCH3 is 1. The van der Waals surface area contributed by atoms with Gasteiger partial charge in [-0.25, -0.2) is 9.79 Å². The molecular weight excluding hydrogens is 258 g/mol. The van der Waals surface area contributed by atoms with Gasteiger partial charge in [0.25, 0.3) is 0 Å². The number of hydrogen-bond donors (Lipinski definition) is 0. The third kappa shape index (κ3) is 3.86. The highest BCUT2D eigenvalue weighted by Crippen LogP contribution is 2.23. The average molecular weight is 270 g/mol. The van der Waals surface area contributed by atoms with Crippen molar-refractivity contribution in [2.75, 3.05) is 13.7 Å². The van der Waals surface area contributed by atoms with Gasteiger partial charge in [0.1, 0.15) is 5.75 Å². The topological polar surface area (TPSA) is 38.7 Å². The number of ether oxygens (including phenoxy) is 1. The first-order valence-corrected chi connectivity index (χ1v) is 5.43. The van der Waals surface area contributed by atoms with Gasteiger partial charge in [-0.2, -0.15) is 0 Å². The molecule has 0 bridgehead atoms. The fourth-order valence-corrected chi connectivity index (χ4v) is 1.75. The van der Waals surface area contributed by atoms with Gasteiger partial charge in [-0.1, -0.05) is 15.9 Å². The molecule has 0 radical (unpaired) electrons. The Hall–Kier alpha value is -1.12. The van der Waals surface area contributed by atoms with Crippen molar-refractivity contribution in [3.8, 4) is 5.75 Å². The van der Waals surface area contributed by atoms with Crippen molar-refractivity contribution in [2.24, 2.45) is 4.99 Å². The van der Waals surface area contributed by atoms with Gasteiger partial charge in [0.05, 0.1) is 13.7 Å². The number of isocyanates is 1. The van der Waals surface area contributed by atoms with Crippen LogP contribution in [0.4, 0.5) is 0 Å². The fraction of sp³-hybridized carbons (Fsp3) is 0.364. The molecule has 0 saturated heterocycles. The van der Waals surface area contributed by atoms with E-state index in [1.807, 2.05) is 18.2 Å². The van der Waals surface area contributed by atoms with Gasteiger partial charge in [-0.05, 0) is 36.6 Å². The number of benzene rings is 1. The van der Waals surface area contributed by atoms with Crippen LogP contribution >= 0.6 is 15.9 Å². The summed E-state index contributed by atoms with van der Waals surface area (Å²) >= 11 is 3.41. The van der Waals surface area contributed by atoms with Gasteiger partial charge in [0.2, 0.25) is 6.08 Å². The van der Waals surface area contributed by atoms with Gasteiger partial charge < -0.3 is 4.74 Å². The first-order chi connectivity index (χ1) is 7.27. The maximum Gasteiger partial charge on any atom is 0.234 e. The van der Waals surface area contributed by atoms with Crippen LogP contribution < -0.4 is 4.74 Å². The zero-order valence-electron chi connectivity index (χ0n) is 8.50. The second-order valence-corrected chi connectivity index (χ2v) is 3.95. The number of rotatable bonds is 5. The monoisotopic (exact) mass is 269 g/mol. The second-order valence-electron chi connectivity index (χ2n) is 3.03. The molecule has 0 amide bonds. The summed E-state index contributed by atoms with van der Waals surface area (Å²) in [4.78, 5) is 13.4. The van der Waals surface area contributed by atoms with E-state index in [1.165, 1.54) is 6.08 Å². The van der Waals surface area contributed by atoms with Crippen LogP contribution in [0.25, 0.3) is 0 Å². The van der Waals surface area contributed by atoms with E-state index in [0.717, 1.165) is 28.6 Å². The van der Waals surface area contributed by atoms with E-state index in [-0.39, 0.29) is 0 Å². The van der Waals surface area contributed by atoms with Crippen LogP contribution in [0.1, 0.15) is 12.0 Å². The molecule has 0 heterocycles. The Bertz CT molecular complexity index is 373. The summed E-state index contributed by atoms with van der Waals surface area (Å²) in [5, 5.41) is 0. The molecule has 0 fully saturated rings. The first-order valence-electron chi connectivity index (χ1n) is 4.64. The van der Waals surface area contributed by atoms with E-state index in [9.17, 15) is 4.79 Å². The molecule has 1 rings (SSSR count). The molecule has 4 heteroatoms. The minimum absolute atomic E-state index is 0.513. The summed E-state index contributed by atoms with van der Waals surface area (Å²) in [5.74, 6) is 0.869.